The van der Waals surface area contributed by atoms with E-state index in [2.05, 4.69) is 20.6 Å². The van der Waals surface area contributed by atoms with Crippen LogP contribution in [0.15, 0.2) is 41.0 Å². The number of nitrogens with zero attached hydrogens (tertiary/aromatic N) is 3. The van der Waals surface area contributed by atoms with Gasteiger partial charge in [0.15, 0.2) is 20.1 Å². The summed E-state index contributed by atoms with van der Waals surface area (Å²) in [5, 5.41) is 7.25. The Hall–Kier alpha value is -3.00. The lowest BCUT2D eigenvalue weighted by molar-refractivity contribution is -0.136. The molecule has 0 aliphatic rings. The molecule has 1 atom stereocenters. The van der Waals surface area contributed by atoms with Crippen LogP contribution in [-0.4, -0.2) is 48.0 Å². The lowest BCUT2D eigenvalue weighted by Crippen LogP contribution is -2.30. The number of urea groups is 1. The molecule has 0 bridgehead atoms. The van der Waals surface area contributed by atoms with Gasteiger partial charge in [0.1, 0.15) is 10.7 Å². The number of anilines is 1. The second-order valence-corrected chi connectivity index (χ2v) is 11.2. The average molecular weight is 521 g/mol. The summed E-state index contributed by atoms with van der Waals surface area (Å²) in [5.74, 6) is -0.885. The van der Waals surface area contributed by atoms with E-state index in [-0.39, 0.29) is 18.2 Å². The van der Waals surface area contributed by atoms with Crippen molar-refractivity contribution >= 4 is 31.5 Å². The maximum atomic E-state index is 14.3. The van der Waals surface area contributed by atoms with Crippen molar-refractivity contribution in [2.45, 2.75) is 37.4 Å². The molecular formula is C20H22F4N5O3S2+. The quantitative estimate of drug-likeness (QED) is 0.342. The highest BCUT2D eigenvalue weighted by atomic mass is 32.2. The molecule has 3 rings (SSSR count). The molecular weight excluding hydrogens is 498 g/mol. The van der Waals surface area contributed by atoms with Gasteiger partial charge in [-0.2, -0.15) is 18.2 Å². The molecule has 2 amide bonds. The molecule has 2 N–H and O–H groups in total. The highest BCUT2D eigenvalue weighted by Crippen LogP contribution is 2.40. The maximum absolute atomic E-state index is 14.3. The number of carbonyl (C=O) groups excluding carboxylic acids is 1. The number of rotatable bonds is 8. The third-order valence-electron chi connectivity index (χ3n) is 4.56. The van der Waals surface area contributed by atoms with E-state index in [0.29, 0.717) is 22.7 Å². The van der Waals surface area contributed by atoms with Crippen molar-refractivity contribution in [2.75, 3.05) is 18.1 Å². The normalized spacial score (nSPS) is 12.6. The van der Waals surface area contributed by atoms with Crippen molar-refractivity contribution in [3.63, 3.8) is 0 Å². The van der Waals surface area contributed by atoms with Crippen LogP contribution >= 0.6 is 10.5 Å². The summed E-state index contributed by atoms with van der Waals surface area (Å²) >= 11 is 0. The van der Waals surface area contributed by atoms with Gasteiger partial charge in [-0.1, -0.05) is 0 Å². The number of imidazole rings is 1. The Morgan fingerprint density at radius 1 is 1.26 bits per heavy atom. The monoisotopic (exact) mass is 520 g/mol. The standard InChI is InChI=1S/C20H21F4N5O3S2/c1-13-11-33(15-3-4-17(16(21)9-15)34(2,31)32)19(27-13)28-18(30)25-7-5-14-10-29(12-26-14)8-6-20(22,23)24/h3-4,9-12H,5-8H2,1-2H3,(H-,25,27,28,30)/p+1. The summed E-state index contributed by atoms with van der Waals surface area (Å²) < 4.78 is 75.9. The number of hydrogen-bond acceptors (Lipinski definition) is 5. The molecule has 0 saturated heterocycles. The van der Waals surface area contributed by atoms with Gasteiger partial charge < -0.3 is 9.88 Å². The number of alkyl halides is 3. The predicted octanol–water partition coefficient (Wildman–Crippen LogP) is 4.18. The van der Waals surface area contributed by atoms with Crippen LogP contribution in [0.25, 0.3) is 4.90 Å². The predicted molar refractivity (Wildman–Crippen MR) is 119 cm³/mol. The molecule has 8 nitrogen and oxygen atoms in total. The summed E-state index contributed by atoms with van der Waals surface area (Å²) in [5.41, 5.74) is 1.13. The van der Waals surface area contributed by atoms with Crippen LogP contribution in [0.4, 0.5) is 27.5 Å². The van der Waals surface area contributed by atoms with E-state index in [9.17, 15) is 30.8 Å². The van der Waals surface area contributed by atoms with Crippen LogP contribution in [0.1, 0.15) is 17.8 Å². The Balaban J connectivity index is 1.59. The molecule has 3 aromatic rings. The Bertz CT molecular complexity index is 1290. The van der Waals surface area contributed by atoms with Crippen molar-refractivity contribution in [1.82, 2.24) is 19.9 Å². The van der Waals surface area contributed by atoms with E-state index < -0.39 is 49.6 Å². The topological polar surface area (TPSA) is 106 Å². The summed E-state index contributed by atoms with van der Waals surface area (Å²) in [4.78, 5) is 20.6. The van der Waals surface area contributed by atoms with Crippen molar-refractivity contribution in [1.29, 1.82) is 0 Å². The lowest BCUT2D eigenvalue weighted by Gasteiger charge is -2.06. The second-order valence-electron chi connectivity index (χ2n) is 7.48. The first kappa shape index (κ1) is 25.6. The molecule has 34 heavy (non-hydrogen) atoms. The largest absolute Gasteiger partial charge is 0.390 e. The molecule has 0 aliphatic heterocycles. The first-order chi connectivity index (χ1) is 15.8. The minimum Gasteiger partial charge on any atom is -0.337 e. The fraction of sp³-hybridized carbons (Fsp3) is 0.350. The Morgan fingerprint density at radius 3 is 2.65 bits per heavy atom. The number of halogens is 4. The van der Waals surface area contributed by atoms with Gasteiger partial charge in [0.05, 0.1) is 34.6 Å². The lowest BCUT2D eigenvalue weighted by atomic mass is 10.3. The number of aromatic nitrogens is 3. The second kappa shape index (κ2) is 10.1. The Labute approximate surface area is 195 Å². The third-order valence-corrected chi connectivity index (χ3v) is 7.64. The number of aryl methyl sites for hydroxylation is 2. The highest BCUT2D eigenvalue weighted by Gasteiger charge is 2.27. The van der Waals surface area contributed by atoms with Gasteiger partial charge in [-0.15, -0.1) is 0 Å². The highest BCUT2D eigenvalue weighted by molar-refractivity contribution is 7.90. The Kier molecular flexibility index (Phi) is 7.60. The van der Waals surface area contributed by atoms with Gasteiger partial charge in [-0.25, -0.2) is 27.9 Å². The maximum Gasteiger partial charge on any atom is 0.390 e. The number of benzene rings is 1. The van der Waals surface area contributed by atoms with Gasteiger partial charge in [-0.05, 0) is 19.1 Å². The zero-order valence-electron chi connectivity index (χ0n) is 18.2. The summed E-state index contributed by atoms with van der Waals surface area (Å²) in [6, 6.07) is 3.20. The molecule has 0 spiro atoms. The minimum absolute atomic E-state index is 0.174. The fourth-order valence-corrected chi connectivity index (χ4v) is 5.49. The minimum atomic E-state index is -4.25. The number of carbonyl (C=O) groups is 1. The summed E-state index contributed by atoms with van der Waals surface area (Å²) in [6.07, 6.45) is -1.19. The molecule has 0 radical (unpaired) electrons. The number of amides is 2. The van der Waals surface area contributed by atoms with E-state index in [4.69, 9.17) is 0 Å². The van der Waals surface area contributed by atoms with Gasteiger partial charge in [0, 0.05) is 38.0 Å². The fourth-order valence-electron chi connectivity index (χ4n) is 3.00. The molecule has 0 fully saturated rings. The molecule has 2 aromatic heterocycles. The first-order valence-corrected chi connectivity index (χ1v) is 13.1. The molecule has 1 unspecified atom stereocenters. The van der Waals surface area contributed by atoms with E-state index in [1.807, 2.05) is 0 Å². The van der Waals surface area contributed by atoms with Crippen LogP contribution in [0.2, 0.25) is 0 Å². The van der Waals surface area contributed by atoms with Crippen LogP contribution in [0.5, 0.6) is 0 Å². The van der Waals surface area contributed by atoms with E-state index in [0.717, 1.165) is 12.3 Å². The van der Waals surface area contributed by atoms with Crippen molar-refractivity contribution in [3.05, 3.63) is 53.3 Å². The third kappa shape index (κ3) is 7.00. The van der Waals surface area contributed by atoms with Gasteiger partial charge in [-0.3, -0.25) is 0 Å². The van der Waals surface area contributed by atoms with Crippen molar-refractivity contribution < 1.29 is 30.8 Å². The van der Waals surface area contributed by atoms with Crippen LogP contribution in [-0.2, 0) is 22.8 Å². The smallest absolute Gasteiger partial charge is 0.337 e. The van der Waals surface area contributed by atoms with E-state index in [1.54, 1.807) is 12.3 Å². The van der Waals surface area contributed by atoms with Crippen LogP contribution < -0.4 is 10.6 Å². The number of sulfone groups is 1. The van der Waals surface area contributed by atoms with Crippen LogP contribution in [0.3, 0.4) is 0 Å². The molecule has 2 heterocycles. The van der Waals surface area contributed by atoms with Gasteiger partial charge in [0.2, 0.25) is 0 Å². The SMILES string of the molecule is Cc1c[s+](-c2ccc(S(C)(=O)=O)c(F)c2)c(NC(=O)NCCc2cn(CCC(F)(F)F)cn2)n1. The molecule has 0 aliphatic carbocycles. The van der Waals surface area contributed by atoms with Crippen molar-refractivity contribution in [2.24, 2.45) is 0 Å². The van der Waals surface area contributed by atoms with E-state index in [1.165, 1.54) is 29.2 Å². The van der Waals surface area contributed by atoms with Crippen LogP contribution in [0, 0.1) is 12.7 Å². The molecule has 1 aromatic carbocycles. The van der Waals surface area contributed by atoms with Gasteiger partial charge >= 0.3 is 17.3 Å². The van der Waals surface area contributed by atoms with Crippen molar-refractivity contribution in [3.8, 4) is 4.90 Å². The molecule has 0 saturated carbocycles. The average Bonchev–Trinajstić information content (AvgIpc) is 3.31. The number of nitrogens with one attached hydrogen (secondary N) is 2. The molecule has 184 valence electrons. The zero-order valence-corrected chi connectivity index (χ0v) is 19.8. The molecule has 14 heteroatoms. The number of hydrogen-bond donors (Lipinski definition) is 2. The van der Waals surface area contributed by atoms with Gasteiger partial charge in [0.25, 0.3) is 0 Å². The van der Waals surface area contributed by atoms with E-state index >= 15 is 0 Å². The zero-order chi connectivity index (χ0) is 25.1. The summed E-state index contributed by atoms with van der Waals surface area (Å²) in [7, 11) is -4.61. The number of thiazole rings is 1. The Morgan fingerprint density at radius 2 is 2.00 bits per heavy atom. The first-order valence-electron chi connectivity index (χ1n) is 9.94. The summed E-state index contributed by atoms with van der Waals surface area (Å²) in [6.45, 7) is 1.65.